The predicted octanol–water partition coefficient (Wildman–Crippen LogP) is 1.32. The van der Waals surface area contributed by atoms with E-state index < -0.39 is 227 Å². The van der Waals surface area contributed by atoms with Crippen LogP contribution in [0.3, 0.4) is 0 Å². The fourth-order valence-electron chi connectivity index (χ4n) is 17.0. The molecule has 3 saturated heterocycles. The summed E-state index contributed by atoms with van der Waals surface area (Å²) in [4.78, 5) is 231. The van der Waals surface area contributed by atoms with E-state index in [1.165, 1.54) is 42.9 Å². The van der Waals surface area contributed by atoms with Crippen LogP contribution in [0.2, 0.25) is 0 Å². The summed E-state index contributed by atoms with van der Waals surface area (Å²) in [7, 11) is 0. The SMILES string of the molecule is CCNC(=O)c1nnc(-c2cc(C(C)C)c(O)cc2O)n1-c1ccc(OC2CCN(C(=O)CC(CC(=O)N3CCC(Oc4ccc(-n5c(C(C)=O)nnc5-c5cc(C(C)C)c(O)cc5O)cc4)CC3)NC(=O)CCNC(=O)[C@@H](CCC(=O)O)NC(=O)[C@@H](CCC(=O)O)NC(=O)[C@@H](CCC(=O)O)NC(=O)COCCOCCNC(=O)CC[C@H](C(=O)O)N3CCN(CC(=O)O)CCN(CC(=O)O)CCN(CC(=O)O)CC3)CC2)cc1.[Lu]. The third-order valence-electron chi connectivity index (χ3n) is 24.8. The number of piperidine rings is 2. The molecular formula is C97H131LuN19O32. The first-order valence-electron chi connectivity index (χ1n) is 48.7. The standard InChI is InChI=1S/C97H131N19O32.Lu/c1-7-98-96(142)92-108-107-91(69-49-67(57(4)5)75(119)51-77(69)121)116(92)61-10-14-63(15-11-61)148-65-27-33-114(34-28-65)82(126)47-59(46-81(125)113-31-25-64(26-32-113)147-62-12-8-60(9-13-62)115-89(58(6)117)105-106-90(115)68-48-66(56(2)3)74(118)50-76(68)120)101-79(123)24-29-100-93(139)70(16-21-83(127)128)103-95(141)72(18-23-85(131)132)104-94(140)71(17-22-84(129)130)102-80(124)55-146-45-44-145-43-30-99-78(122)20-19-73(97(143)144)112-41-39-110(53-87(135)136)37-35-109(52-86(133)134)36-38-111(40-42-112)54-88(137)138;/h8-15,48-51,56-57,59,64-65,70-73,118-121H,7,16-47,52-55H2,1-6H3,(H,98,142)(H,99,122)(H,100,139)(H,101,123)(H,102,124)(H,103,141)(H,104,140)(H,127,128)(H,129,130)(H,131,132)(H,133,134)(H,135,136)(H,137,138)(H,143,144);/t59?,70-,71-,72-,73-;/m1./s1. The molecule has 9 amide bonds. The van der Waals surface area contributed by atoms with Crippen molar-refractivity contribution in [3.63, 3.8) is 0 Å². The van der Waals surface area contributed by atoms with Crippen LogP contribution in [0.5, 0.6) is 34.5 Å². The smallest absolute Gasteiger partial charge is 0.320 e. The van der Waals surface area contributed by atoms with Gasteiger partial charge in [-0.05, 0) is 116 Å². The second-order valence-corrected chi connectivity index (χ2v) is 36.5. The zero-order valence-corrected chi connectivity index (χ0v) is 85.1. The Bertz CT molecular complexity index is 5620. The van der Waals surface area contributed by atoms with Crippen molar-refractivity contribution in [2.75, 3.05) is 144 Å². The van der Waals surface area contributed by atoms with Crippen molar-refractivity contribution in [2.24, 2.45) is 0 Å². The summed E-state index contributed by atoms with van der Waals surface area (Å²) < 4.78 is 26.6. The van der Waals surface area contributed by atoms with Gasteiger partial charge in [0.15, 0.2) is 17.4 Å². The molecule has 3 fully saturated rings. The Hall–Kier alpha value is -13.9. The molecule has 5 heterocycles. The maximum Gasteiger partial charge on any atom is 0.320 e. The van der Waals surface area contributed by atoms with Gasteiger partial charge in [0.25, 0.3) is 5.91 Å². The number of benzene rings is 4. The van der Waals surface area contributed by atoms with E-state index in [1.54, 1.807) is 82.3 Å². The van der Waals surface area contributed by atoms with Crippen molar-refractivity contribution >= 4 is 101 Å². The van der Waals surface area contributed by atoms with E-state index in [0.29, 0.717) is 59.7 Å². The molecule has 1 radical (unpaired) electrons. The number of nitrogens with zero attached hydrogens (tertiary/aromatic N) is 12. The van der Waals surface area contributed by atoms with Gasteiger partial charge >= 0.3 is 41.8 Å². The molecule has 149 heavy (non-hydrogen) atoms. The van der Waals surface area contributed by atoms with Crippen molar-refractivity contribution in [1.29, 1.82) is 0 Å². The second-order valence-electron chi connectivity index (χ2n) is 36.5. The van der Waals surface area contributed by atoms with Crippen LogP contribution in [0.25, 0.3) is 34.2 Å². The third-order valence-corrected chi connectivity index (χ3v) is 24.8. The van der Waals surface area contributed by atoms with Gasteiger partial charge in [-0.25, -0.2) is 0 Å². The summed E-state index contributed by atoms with van der Waals surface area (Å²) in [5.41, 5.74) is 2.32. The molecule has 3 aliphatic rings. The van der Waals surface area contributed by atoms with Crippen molar-refractivity contribution in [3.8, 4) is 68.6 Å². The molecule has 5 atom stereocenters. The van der Waals surface area contributed by atoms with Crippen molar-refractivity contribution in [3.05, 3.63) is 95.6 Å². The summed E-state index contributed by atoms with van der Waals surface area (Å²) in [5.74, 6) is -17.1. The molecule has 0 saturated carbocycles. The number of ketones is 1. The molecule has 4 aromatic carbocycles. The number of phenolic OH excluding ortho intramolecular Hbond substituents is 4. The van der Waals surface area contributed by atoms with E-state index in [9.17, 15) is 138 Å². The summed E-state index contributed by atoms with van der Waals surface area (Å²) in [6, 6.07) is 11.1. The largest absolute Gasteiger partial charge is 0.508 e. The fourth-order valence-corrected chi connectivity index (χ4v) is 17.0. The van der Waals surface area contributed by atoms with Crippen LogP contribution < -0.4 is 46.7 Å². The number of aliphatic carboxylic acids is 7. The van der Waals surface area contributed by atoms with Gasteiger partial charge in [-0.15, -0.1) is 20.4 Å². The minimum atomic E-state index is -1.85. The summed E-state index contributed by atoms with van der Waals surface area (Å²) in [5, 5.41) is 146. The number of ether oxygens (including phenoxy) is 4. The van der Waals surface area contributed by atoms with Gasteiger partial charge in [-0.1, -0.05) is 27.7 Å². The number of aromatic nitrogens is 6. The van der Waals surface area contributed by atoms with E-state index in [1.807, 2.05) is 27.7 Å². The average molecular weight is 2250 g/mol. The molecule has 9 rings (SSSR count). The van der Waals surface area contributed by atoms with Crippen LogP contribution in [0, 0.1) is 36.9 Å². The summed E-state index contributed by atoms with van der Waals surface area (Å²) in [6.07, 6.45) is -5.55. The fraction of sp³-hybridized carbons (Fsp3) is 0.536. The predicted molar refractivity (Wildman–Crippen MR) is 521 cm³/mol. The zero-order valence-electron chi connectivity index (χ0n) is 83.4. The van der Waals surface area contributed by atoms with Crippen molar-refractivity contribution in [1.82, 2.24) is 96.1 Å². The van der Waals surface area contributed by atoms with Gasteiger partial charge in [0.1, 0.15) is 77.5 Å². The maximum absolute atomic E-state index is 14.5. The van der Waals surface area contributed by atoms with Gasteiger partial charge in [0.2, 0.25) is 58.9 Å². The van der Waals surface area contributed by atoms with E-state index in [-0.39, 0.29) is 237 Å². The van der Waals surface area contributed by atoms with Crippen molar-refractivity contribution < 1.29 is 194 Å². The minimum absolute atomic E-state index is 0. The molecule has 6 aromatic rings. The summed E-state index contributed by atoms with van der Waals surface area (Å²) in [6.45, 7) is 8.69. The number of hydrogen-bond donors (Lipinski definition) is 18. The number of aromatic hydroxyl groups is 4. The van der Waals surface area contributed by atoms with Gasteiger partial charge in [0, 0.05) is 242 Å². The third kappa shape index (κ3) is 38.0. The second kappa shape index (κ2) is 59.4. The molecule has 0 aliphatic carbocycles. The normalized spacial score (nSPS) is 15.3. The monoisotopic (exact) mass is 2250 g/mol. The van der Waals surface area contributed by atoms with Crippen LogP contribution in [0.1, 0.15) is 182 Å². The van der Waals surface area contributed by atoms with E-state index in [0.717, 1.165) is 0 Å². The molecule has 1 unspecified atom stereocenters. The van der Waals surface area contributed by atoms with Gasteiger partial charge < -0.3 is 122 Å². The van der Waals surface area contributed by atoms with E-state index >= 15 is 0 Å². The first kappa shape index (κ1) is 120. The summed E-state index contributed by atoms with van der Waals surface area (Å²) >= 11 is 0. The van der Waals surface area contributed by atoms with E-state index in [4.69, 9.17) is 18.9 Å². The van der Waals surface area contributed by atoms with Crippen LogP contribution in [-0.4, -0.2) is 402 Å². The van der Waals surface area contributed by atoms with Crippen molar-refractivity contribution in [2.45, 2.75) is 192 Å². The molecule has 2 aromatic heterocycles. The number of carboxylic acids is 7. The first-order chi connectivity index (χ1) is 70.4. The van der Waals surface area contributed by atoms with E-state index in [2.05, 4.69) is 57.6 Å². The number of carbonyl (C=O) groups is 17. The number of carboxylic acid groups (broad SMARTS) is 7. The number of hydrogen-bond acceptors (Lipinski definition) is 33. The van der Waals surface area contributed by atoms with Crippen LogP contribution in [0.15, 0.2) is 72.8 Å². The Labute approximate surface area is 885 Å². The van der Waals surface area contributed by atoms with Gasteiger partial charge in [0.05, 0.1) is 50.6 Å². The minimum Gasteiger partial charge on any atom is -0.508 e. The quantitative estimate of drug-likeness (QED) is 0.0189. The number of carbonyl (C=O) groups excluding carboxylic acids is 10. The number of amides is 9. The molecule has 18 N–H and O–H groups in total. The Kier molecular flexibility index (Phi) is 48.0. The maximum atomic E-state index is 14.5. The number of likely N-dealkylation sites (tertiary alicyclic amines) is 2. The molecule has 51 nitrogen and oxygen atoms in total. The molecule has 3 aliphatic heterocycles. The number of rotatable bonds is 55. The van der Waals surface area contributed by atoms with Crippen LogP contribution in [-0.2, 0) is 81.4 Å². The van der Waals surface area contributed by atoms with Gasteiger partial charge in [-0.3, -0.25) is 110 Å². The molecule has 52 heteroatoms. The zero-order chi connectivity index (χ0) is 108. The molecular weight excluding hydrogens is 2120 g/mol. The van der Waals surface area contributed by atoms with Crippen LogP contribution in [0.4, 0.5) is 0 Å². The molecule has 821 valence electrons. The number of phenols is 4. The Balaban J connectivity index is 0.0000270. The Morgan fingerprint density at radius 3 is 1.23 bits per heavy atom. The Morgan fingerprint density at radius 2 is 0.819 bits per heavy atom. The van der Waals surface area contributed by atoms with Crippen LogP contribution >= 0.6 is 0 Å². The Morgan fingerprint density at radius 1 is 0.409 bits per heavy atom. The topological polar surface area (TPSA) is 715 Å². The average Bonchev–Trinajstić information content (AvgIpc) is 1.66. The molecule has 0 bridgehead atoms. The number of Topliss-reactive ketones (excluding diaryl/α,β-unsaturated/α-hetero) is 1. The number of nitrogens with one attached hydrogen (secondary N) is 7. The first-order valence-corrected chi connectivity index (χ1v) is 48.7. The molecule has 0 spiro atoms. The van der Waals surface area contributed by atoms with Gasteiger partial charge in [-0.2, -0.15) is 0 Å².